The van der Waals surface area contributed by atoms with E-state index in [0.29, 0.717) is 0 Å². The molecule has 0 spiro atoms. The maximum atomic E-state index is 5.52. The van der Waals surface area contributed by atoms with Gasteiger partial charge in [-0.25, -0.2) is 4.98 Å². The summed E-state index contributed by atoms with van der Waals surface area (Å²) in [7, 11) is 0. The topological polar surface area (TPSA) is 12.9 Å². The van der Waals surface area contributed by atoms with Crippen molar-refractivity contribution in [3.05, 3.63) is 224 Å². The molecule has 8 aromatic carbocycles. The third kappa shape index (κ3) is 7.11. The van der Waals surface area contributed by atoms with Crippen LogP contribution >= 0.6 is 0 Å². The van der Waals surface area contributed by atoms with Crippen molar-refractivity contribution in [2.45, 2.75) is 13.3 Å². The summed E-state index contributed by atoms with van der Waals surface area (Å²) in [5, 5.41) is 0. The van der Waals surface area contributed by atoms with E-state index in [2.05, 4.69) is 225 Å². The maximum Gasteiger partial charge on any atom is 0.0747 e. The molecule has 0 N–H and O–H groups in total. The molecule has 0 amide bonds. The standard InChI is InChI=1S/C55H41N/c1-2-50-53(42-25-14-6-15-26-42)38-54(43-27-16-7-17-28-43)56-55(50)49-35-47(45-30-18-29-44(33-45)39-19-8-3-9-20-39)34-48(36-49)46-31-32-51(40-21-10-4-11-22-40)52(37-46)41-23-12-5-13-24-41/h3-38H,2H2,1H3. The largest absolute Gasteiger partial charge is 0.247 e. The van der Waals surface area contributed by atoms with E-state index in [4.69, 9.17) is 4.98 Å². The molecular formula is C55H41N. The molecule has 266 valence electrons. The van der Waals surface area contributed by atoms with Gasteiger partial charge in [-0.1, -0.05) is 189 Å². The van der Waals surface area contributed by atoms with E-state index < -0.39 is 0 Å². The van der Waals surface area contributed by atoms with Crippen LogP contribution in [0.3, 0.4) is 0 Å². The van der Waals surface area contributed by atoms with E-state index >= 15 is 0 Å². The van der Waals surface area contributed by atoms with E-state index in [-0.39, 0.29) is 0 Å². The van der Waals surface area contributed by atoms with Gasteiger partial charge in [-0.2, -0.15) is 0 Å². The predicted molar refractivity (Wildman–Crippen MR) is 237 cm³/mol. The smallest absolute Gasteiger partial charge is 0.0747 e. The molecule has 1 heteroatoms. The first-order valence-electron chi connectivity index (χ1n) is 19.4. The van der Waals surface area contributed by atoms with Crippen LogP contribution in [0.2, 0.25) is 0 Å². The summed E-state index contributed by atoms with van der Waals surface area (Å²) in [5.74, 6) is 0. The van der Waals surface area contributed by atoms with Gasteiger partial charge in [-0.3, -0.25) is 0 Å². The van der Waals surface area contributed by atoms with Crippen molar-refractivity contribution in [3.63, 3.8) is 0 Å². The quantitative estimate of drug-likeness (QED) is 0.145. The highest BCUT2D eigenvalue weighted by molar-refractivity contribution is 5.90. The van der Waals surface area contributed by atoms with Crippen LogP contribution in [0.1, 0.15) is 12.5 Å². The molecule has 0 saturated carbocycles. The van der Waals surface area contributed by atoms with Gasteiger partial charge in [0.05, 0.1) is 11.4 Å². The summed E-state index contributed by atoms with van der Waals surface area (Å²) in [6, 6.07) is 78.6. The fraction of sp³-hybridized carbons (Fsp3) is 0.0364. The zero-order valence-corrected chi connectivity index (χ0v) is 31.4. The van der Waals surface area contributed by atoms with Gasteiger partial charge in [-0.15, -0.1) is 0 Å². The molecule has 0 atom stereocenters. The molecule has 0 aliphatic heterocycles. The van der Waals surface area contributed by atoms with Gasteiger partial charge in [0.25, 0.3) is 0 Å². The molecule has 1 aromatic heterocycles. The highest BCUT2D eigenvalue weighted by atomic mass is 14.7. The minimum absolute atomic E-state index is 0.842. The molecule has 9 rings (SSSR count). The zero-order valence-electron chi connectivity index (χ0n) is 31.4. The third-order valence-corrected chi connectivity index (χ3v) is 10.7. The van der Waals surface area contributed by atoms with Crippen LogP contribution in [0.4, 0.5) is 0 Å². The first kappa shape index (κ1) is 34.7. The van der Waals surface area contributed by atoms with Gasteiger partial charge in [0.2, 0.25) is 0 Å². The lowest BCUT2D eigenvalue weighted by atomic mass is 9.87. The Kier molecular flexibility index (Phi) is 9.73. The van der Waals surface area contributed by atoms with E-state index in [9.17, 15) is 0 Å². The van der Waals surface area contributed by atoms with Crippen LogP contribution in [0.15, 0.2) is 218 Å². The molecule has 0 fully saturated rings. The number of pyridine rings is 1. The number of hydrogen-bond donors (Lipinski definition) is 0. The Morgan fingerprint density at radius 2 is 0.696 bits per heavy atom. The Balaban J connectivity index is 1.30. The van der Waals surface area contributed by atoms with Crippen LogP contribution in [-0.2, 0) is 6.42 Å². The molecule has 1 nitrogen and oxygen atoms in total. The van der Waals surface area contributed by atoms with E-state index in [0.717, 1.165) is 45.6 Å². The first-order chi connectivity index (χ1) is 27.7. The highest BCUT2D eigenvalue weighted by Gasteiger charge is 2.19. The lowest BCUT2D eigenvalue weighted by molar-refractivity contribution is 1.11. The summed E-state index contributed by atoms with van der Waals surface area (Å²) in [6.45, 7) is 2.25. The monoisotopic (exact) mass is 715 g/mol. The Morgan fingerprint density at radius 1 is 0.286 bits per heavy atom. The Morgan fingerprint density at radius 3 is 1.25 bits per heavy atom. The number of hydrogen-bond acceptors (Lipinski definition) is 1. The van der Waals surface area contributed by atoms with Gasteiger partial charge >= 0.3 is 0 Å². The normalized spacial score (nSPS) is 11.0. The van der Waals surface area contributed by atoms with Gasteiger partial charge in [0.15, 0.2) is 0 Å². The summed E-state index contributed by atoms with van der Waals surface area (Å²) >= 11 is 0. The van der Waals surface area contributed by atoms with E-state index in [1.165, 1.54) is 55.6 Å². The van der Waals surface area contributed by atoms with Gasteiger partial charge in [0.1, 0.15) is 0 Å². The number of benzene rings is 8. The molecule has 0 aliphatic carbocycles. The predicted octanol–water partition coefficient (Wildman–Crippen LogP) is 15.0. The number of aromatic nitrogens is 1. The second-order valence-electron chi connectivity index (χ2n) is 14.2. The number of nitrogens with zero attached hydrogens (tertiary/aromatic N) is 1. The molecular weight excluding hydrogens is 675 g/mol. The van der Waals surface area contributed by atoms with Gasteiger partial charge < -0.3 is 0 Å². The average molecular weight is 716 g/mol. The molecule has 56 heavy (non-hydrogen) atoms. The molecule has 0 saturated heterocycles. The maximum absolute atomic E-state index is 5.52. The van der Waals surface area contributed by atoms with E-state index in [1.54, 1.807) is 0 Å². The van der Waals surface area contributed by atoms with Crippen molar-refractivity contribution >= 4 is 0 Å². The van der Waals surface area contributed by atoms with Crippen molar-refractivity contribution in [3.8, 4) is 89.3 Å². The zero-order chi connectivity index (χ0) is 37.7. The fourth-order valence-corrected chi connectivity index (χ4v) is 7.86. The average Bonchev–Trinajstić information content (AvgIpc) is 3.29. The van der Waals surface area contributed by atoms with E-state index in [1.807, 2.05) is 0 Å². The Hall–Kier alpha value is -7.09. The Labute approximate surface area is 330 Å². The molecule has 0 radical (unpaired) electrons. The van der Waals surface area contributed by atoms with Gasteiger partial charge in [0, 0.05) is 11.1 Å². The Bertz CT molecular complexity index is 2740. The SMILES string of the molecule is CCc1c(-c2ccccc2)cc(-c2ccccc2)nc1-c1cc(-c2cccc(-c3ccccc3)c2)cc(-c2ccc(-c3ccccc3)c(-c3ccccc3)c2)c1. The van der Waals surface area contributed by atoms with Crippen LogP contribution in [-0.4, -0.2) is 4.98 Å². The molecule has 0 aliphatic rings. The fourth-order valence-electron chi connectivity index (χ4n) is 7.86. The van der Waals surface area contributed by atoms with Crippen LogP contribution in [0.5, 0.6) is 0 Å². The first-order valence-corrected chi connectivity index (χ1v) is 19.4. The number of rotatable bonds is 9. The van der Waals surface area contributed by atoms with Gasteiger partial charge in [-0.05, 0) is 115 Å². The molecule has 1 heterocycles. The minimum atomic E-state index is 0.842. The molecule has 0 bridgehead atoms. The molecule has 9 aromatic rings. The highest BCUT2D eigenvalue weighted by Crippen LogP contribution is 2.41. The second-order valence-corrected chi connectivity index (χ2v) is 14.2. The van der Waals surface area contributed by atoms with Crippen LogP contribution < -0.4 is 0 Å². The summed E-state index contributed by atoms with van der Waals surface area (Å²) in [4.78, 5) is 5.52. The lowest BCUT2D eigenvalue weighted by Crippen LogP contribution is -2.00. The van der Waals surface area contributed by atoms with Crippen molar-refractivity contribution in [1.29, 1.82) is 0 Å². The van der Waals surface area contributed by atoms with Crippen LogP contribution in [0, 0.1) is 0 Å². The van der Waals surface area contributed by atoms with Crippen molar-refractivity contribution < 1.29 is 0 Å². The second kappa shape index (κ2) is 15.7. The van der Waals surface area contributed by atoms with Crippen molar-refractivity contribution in [2.24, 2.45) is 0 Å². The molecule has 0 unspecified atom stereocenters. The third-order valence-electron chi connectivity index (χ3n) is 10.7. The van der Waals surface area contributed by atoms with Crippen molar-refractivity contribution in [2.75, 3.05) is 0 Å². The van der Waals surface area contributed by atoms with Crippen molar-refractivity contribution in [1.82, 2.24) is 4.98 Å². The summed E-state index contributed by atoms with van der Waals surface area (Å²) < 4.78 is 0. The van der Waals surface area contributed by atoms with Crippen LogP contribution in [0.25, 0.3) is 89.3 Å². The summed E-state index contributed by atoms with van der Waals surface area (Å²) in [5.41, 5.74) is 19.7. The lowest BCUT2D eigenvalue weighted by Gasteiger charge is -2.19. The summed E-state index contributed by atoms with van der Waals surface area (Å²) in [6.07, 6.45) is 0.842. The minimum Gasteiger partial charge on any atom is -0.247 e.